The molecule has 2 nitrogen and oxygen atoms in total. The molecule has 0 spiro atoms. The third-order valence-corrected chi connectivity index (χ3v) is 4.53. The number of hydrogen-bond acceptors (Lipinski definition) is 3. The number of ketones is 1. The van der Waals surface area contributed by atoms with Gasteiger partial charge in [0, 0.05) is 10.6 Å². The first-order valence-electron chi connectivity index (χ1n) is 6.20. The number of carbonyl (C=O) groups excluding carboxylic acids is 1. The molecule has 0 saturated carbocycles. The Hall–Kier alpha value is -1.74. The molecule has 1 heterocycles. The number of thioether (sulfide) groups is 1. The molecule has 0 amide bonds. The van der Waals surface area contributed by atoms with Gasteiger partial charge < -0.3 is 4.74 Å². The minimum absolute atomic E-state index is 0.0741. The molecule has 1 atom stereocenters. The zero-order valence-corrected chi connectivity index (χ0v) is 11.4. The van der Waals surface area contributed by atoms with Gasteiger partial charge in [0.15, 0.2) is 5.78 Å². The molecule has 2 aromatic carbocycles. The molecule has 96 valence electrons. The minimum Gasteiger partial charge on any atom is -0.496 e. The molecule has 1 aliphatic heterocycles. The van der Waals surface area contributed by atoms with Gasteiger partial charge in [-0.3, -0.25) is 4.79 Å². The maximum absolute atomic E-state index is 12.7. The summed E-state index contributed by atoms with van der Waals surface area (Å²) in [7, 11) is 1.61. The molecule has 0 radical (unpaired) electrons. The topological polar surface area (TPSA) is 26.3 Å². The lowest BCUT2D eigenvalue weighted by Crippen LogP contribution is -2.21. The first kappa shape index (κ1) is 12.3. The van der Waals surface area contributed by atoms with Gasteiger partial charge in [-0.1, -0.05) is 36.4 Å². The van der Waals surface area contributed by atoms with Crippen LogP contribution in [0.25, 0.3) is 0 Å². The average molecular weight is 270 g/mol. The molecule has 0 N–H and O–H groups in total. The maximum atomic E-state index is 12.7. The van der Waals surface area contributed by atoms with E-state index in [0.717, 1.165) is 21.8 Å². The van der Waals surface area contributed by atoms with Gasteiger partial charge in [-0.05, 0) is 17.7 Å². The van der Waals surface area contributed by atoms with Crippen molar-refractivity contribution in [3.63, 3.8) is 0 Å². The number of methoxy groups -OCH3 is 1. The number of ether oxygens (including phenoxy) is 1. The van der Waals surface area contributed by atoms with Crippen LogP contribution in [0.15, 0.2) is 53.4 Å². The molecule has 2 aromatic rings. The van der Waals surface area contributed by atoms with Crippen LogP contribution in [0.4, 0.5) is 0 Å². The van der Waals surface area contributed by atoms with E-state index < -0.39 is 0 Å². The Morgan fingerprint density at radius 2 is 1.89 bits per heavy atom. The van der Waals surface area contributed by atoms with Crippen molar-refractivity contribution in [1.82, 2.24) is 0 Å². The SMILES string of the molecule is COc1cccc2c1C(=O)[C@H](c1ccccc1)CS2. The Labute approximate surface area is 116 Å². The fourth-order valence-electron chi connectivity index (χ4n) is 2.40. The number of hydrogen-bond donors (Lipinski definition) is 0. The Kier molecular flexibility index (Phi) is 3.30. The standard InChI is InChI=1S/C16H14O2S/c1-18-13-8-5-9-14-15(13)16(17)12(10-19-14)11-6-3-2-4-7-11/h2-9,12H,10H2,1H3/t12-/m0/s1. The van der Waals surface area contributed by atoms with Crippen molar-refractivity contribution in [1.29, 1.82) is 0 Å². The average Bonchev–Trinajstić information content (AvgIpc) is 2.48. The lowest BCUT2D eigenvalue weighted by atomic mass is 9.91. The quantitative estimate of drug-likeness (QED) is 0.831. The van der Waals surface area contributed by atoms with E-state index in [-0.39, 0.29) is 11.7 Å². The summed E-state index contributed by atoms with van der Waals surface area (Å²) in [5.41, 5.74) is 1.81. The summed E-state index contributed by atoms with van der Waals surface area (Å²) in [6, 6.07) is 15.7. The van der Waals surface area contributed by atoms with E-state index in [4.69, 9.17) is 4.74 Å². The largest absolute Gasteiger partial charge is 0.496 e. The van der Waals surface area contributed by atoms with E-state index in [1.54, 1.807) is 18.9 Å². The summed E-state index contributed by atoms with van der Waals surface area (Å²) >= 11 is 1.72. The maximum Gasteiger partial charge on any atom is 0.176 e. The van der Waals surface area contributed by atoms with Crippen LogP contribution < -0.4 is 4.74 Å². The van der Waals surface area contributed by atoms with Crippen LogP contribution in [0.5, 0.6) is 5.75 Å². The monoisotopic (exact) mass is 270 g/mol. The highest BCUT2D eigenvalue weighted by atomic mass is 32.2. The van der Waals surface area contributed by atoms with Crippen LogP contribution in [0.2, 0.25) is 0 Å². The normalized spacial score (nSPS) is 17.9. The van der Waals surface area contributed by atoms with Gasteiger partial charge >= 0.3 is 0 Å². The Bertz CT molecular complexity index is 593. The van der Waals surface area contributed by atoms with E-state index >= 15 is 0 Å². The van der Waals surface area contributed by atoms with Crippen molar-refractivity contribution in [3.8, 4) is 5.75 Å². The first-order chi connectivity index (χ1) is 9.31. The Morgan fingerprint density at radius 3 is 2.63 bits per heavy atom. The van der Waals surface area contributed by atoms with Crippen molar-refractivity contribution in [2.75, 3.05) is 12.9 Å². The highest BCUT2D eigenvalue weighted by Gasteiger charge is 2.31. The minimum atomic E-state index is -0.0741. The van der Waals surface area contributed by atoms with Gasteiger partial charge in [0.2, 0.25) is 0 Å². The summed E-state index contributed by atoms with van der Waals surface area (Å²) in [6.45, 7) is 0. The van der Waals surface area contributed by atoms with Crippen LogP contribution in [-0.2, 0) is 0 Å². The van der Waals surface area contributed by atoms with Gasteiger partial charge in [-0.2, -0.15) is 0 Å². The van der Waals surface area contributed by atoms with Crippen LogP contribution >= 0.6 is 11.8 Å². The van der Waals surface area contributed by atoms with Crippen LogP contribution in [0, 0.1) is 0 Å². The fourth-order valence-corrected chi connectivity index (χ4v) is 3.61. The molecule has 0 aliphatic carbocycles. The van der Waals surface area contributed by atoms with Gasteiger partial charge in [0.25, 0.3) is 0 Å². The number of Topliss-reactive ketones (excluding diaryl/α,β-unsaturated/α-hetero) is 1. The van der Waals surface area contributed by atoms with Crippen molar-refractivity contribution in [3.05, 3.63) is 59.7 Å². The van der Waals surface area contributed by atoms with Gasteiger partial charge in [-0.15, -0.1) is 11.8 Å². The van der Waals surface area contributed by atoms with Crippen molar-refractivity contribution >= 4 is 17.5 Å². The second-order valence-corrected chi connectivity index (χ2v) is 5.53. The van der Waals surface area contributed by atoms with Gasteiger partial charge in [0.05, 0.1) is 18.6 Å². The van der Waals surface area contributed by atoms with Crippen LogP contribution in [-0.4, -0.2) is 18.6 Å². The molecule has 1 aliphatic rings. The summed E-state index contributed by atoms with van der Waals surface area (Å²) in [5.74, 6) is 1.56. The number of fused-ring (bicyclic) bond motifs is 1. The predicted molar refractivity (Wildman–Crippen MR) is 77.2 cm³/mol. The number of rotatable bonds is 2. The third-order valence-electron chi connectivity index (χ3n) is 3.38. The Balaban J connectivity index is 2.05. The lowest BCUT2D eigenvalue weighted by molar-refractivity contribution is 0.0959. The summed E-state index contributed by atoms with van der Waals surface area (Å²) < 4.78 is 5.33. The number of benzene rings is 2. The molecule has 3 heteroatoms. The van der Waals surface area contributed by atoms with E-state index in [1.807, 2.05) is 48.5 Å². The highest BCUT2D eigenvalue weighted by Crippen LogP contribution is 2.41. The third kappa shape index (κ3) is 2.15. The Morgan fingerprint density at radius 1 is 1.11 bits per heavy atom. The fraction of sp³-hybridized carbons (Fsp3) is 0.188. The molecular weight excluding hydrogens is 256 g/mol. The van der Waals surface area contributed by atoms with Crippen molar-refractivity contribution in [2.45, 2.75) is 10.8 Å². The van der Waals surface area contributed by atoms with Crippen molar-refractivity contribution < 1.29 is 9.53 Å². The van der Waals surface area contributed by atoms with E-state index in [0.29, 0.717) is 5.75 Å². The lowest BCUT2D eigenvalue weighted by Gasteiger charge is -2.24. The zero-order valence-electron chi connectivity index (χ0n) is 10.6. The first-order valence-corrected chi connectivity index (χ1v) is 7.19. The van der Waals surface area contributed by atoms with E-state index in [2.05, 4.69) is 0 Å². The molecule has 0 fully saturated rings. The summed E-state index contributed by atoms with van der Waals surface area (Å²) in [6.07, 6.45) is 0. The summed E-state index contributed by atoms with van der Waals surface area (Å²) in [4.78, 5) is 13.7. The van der Waals surface area contributed by atoms with Crippen molar-refractivity contribution in [2.24, 2.45) is 0 Å². The molecule has 3 rings (SSSR count). The number of carbonyl (C=O) groups is 1. The molecule has 19 heavy (non-hydrogen) atoms. The molecule has 0 aromatic heterocycles. The molecule has 0 unspecified atom stereocenters. The van der Waals surface area contributed by atoms with Crippen LogP contribution in [0.1, 0.15) is 21.8 Å². The second-order valence-electron chi connectivity index (χ2n) is 4.47. The van der Waals surface area contributed by atoms with E-state index in [9.17, 15) is 4.79 Å². The second kappa shape index (κ2) is 5.10. The summed E-state index contributed by atoms with van der Waals surface area (Å²) in [5, 5.41) is 0. The van der Waals surface area contributed by atoms with Gasteiger partial charge in [0.1, 0.15) is 5.75 Å². The van der Waals surface area contributed by atoms with E-state index in [1.165, 1.54) is 0 Å². The molecular formula is C16H14O2S. The van der Waals surface area contributed by atoms with Gasteiger partial charge in [-0.25, -0.2) is 0 Å². The zero-order chi connectivity index (χ0) is 13.2. The predicted octanol–water partition coefficient (Wildman–Crippen LogP) is 3.77. The smallest absolute Gasteiger partial charge is 0.176 e. The molecule has 0 saturated heterocycles. The highest BCUT2D eigenvalue weighted by molar-refractivity contribution is 7.99. The van der Waals surface area contributed by atoms with Crippen LogP contribution in [0.3, 0.4) is 0 Å². The molecule has 0 bridgehead atoms.